The molecule has 10 aromatic rings. The van der Waals surface area contributed by atoms with Gasteiger partial charge in [0.2, 0.25) is 0 Å². The zero-order chi connectivity index (χ0) is 31.6. The number of oxazole rings is 1. The fraction of sp³-hybridized carbons (Fsp3) is 0. The van der Waals surface area contributed by atoms with Crippen molar-refractivity contribution in [2.45, 2.75) is 0 Å². The van der Waals surface area contributed by atoms with E-state index in [1.807, 2.05) is 91.0 Å². The van der Waals surface area contributed by atoms with Crippen molar-refractivity contribution < 1.29 is 4.42 Å². The van der Waals surface area contributed by atoms with Crippen molar-refractivity contribution >= 4 is 66.4 Å². The van der Waals surface area contributed by atoms with E-state index in [1.165, 1.54) is 35.5 Å². The van der Waals surface area contributed by atoms with Crippen LogP contribution in [0.15, 0.2) is 150 Å². The molecule has 0 N–H and O–H groups in total. The number of benzene rings is 7. The van der Waals surface area contributed by atoms with Crippen molar-refractivity contribution in [3.63, 3.8) is 0 Å². The first-order chi connectivity index (χ1) is 23.8. The summed E-state index contributed by atoms with van der Waals surface area (Å²) in [6.07, 6.45) is 0. The second kappa shape index (κ2) is 10.8. The summed E-state index contributed by atoms with van der Waals surface area (Å²) in [5.74, 6) is 2.63. The average Bonchev–Trinajstić information content (AvgIpc) is 3.77. The predicted octanol–water partition coefficient (Wildman–Crippen LogP) is 10.4. The zero-order valence-electron chi connectivity index (χ0n) is 25.5. The molecule has 7 aromatic carbocycles. The van der Waals surface area contributed by atoms with Gasteiger partial charge in [-0.1, -0.05) is 12.1 Å². The third-order valence-corrected chi connectivity index (χ3v) is 11.5. The van der Waals surface area contributed by atoms with Gasteiger partial charge in [-0.2, -0.15) is 0 Å². The van der Waals surface area contributed by atoms with Gasteiger partial charge in [-0.25, -0.2) is 0 Å². The van der Waals surface area contributed by atoms with Crippen molar-refractivity contribution in [1.82, 2.24) is 19.9 Å². The van der Waals surface area contributed by atoms with E-state index in [-0.39, 0.29) is 14.5 Å². The summed E-state index contributed by atoms with van der Waals surface area (Å²) in [7, 11) is 0. The molecule has 0 aliphatic rings. The number of fused-ring (bicyclic) bond motifs is 9. The summed E-state index contributed by atoms with van der Waals surface area (Å²) in [6.45, 7) is 0. The molecule has 0 aliphatic heterocycles. The van der Waals surface area contributed by atoms with Crippen LogP contribution >= 0.6 is 0 Å². The molecule has 0 aliphatic carbocycles. The molecular formula is C42H24N4OSe. The summed E-state index contributed by atoms with van der Waals surface area (Å²) < 4.78 is 8.97. The molecule has 3 aromatic heterocycles. The van der Waals surface area contributed by atoms with Crippen molar-refractivity contribution in [3.05, 3.63) is 146 Å². The van der Waals surface area contributed by atoms with Crippen molar-refractivity contribution in [2.75, 3.05) is 0 Å². The Balaban J connectivity index is 1.17. The number of hydrogen-bond acceptors (Lipinski definition) is 5. The Hall–Kier alpha value is -5.94. The van der Waals surface area contributed by atoms with Crippen LogP contribution in [0.4, 0.5) is 0 Å². The van der Waals surface area contributed by atoms with Gasteiger partial charge >= 0.3 is 270 Å². The zero-order valence-corrected chi connectivity index (χ0v) is 27.2. The summed E-state index contributed by atoms with van der Waals surface area (Å²) in [5.41, 5.74) is 5.64. The fourth-order valence-electron chi connectivity index (χ4n) is 6.71. The van der Waals surface area contributed by atoms with Gasteiger partial charge in [0.15, 0.2) is 0 Å². The van der Waals surface area contributed by atoms with Crippen LogP contribution in [0.1, 0.15) is 0 Å². The summed E-state index contributed by atoms with van der Waals surface area (Å²) in [4.78, 5) is 20.0. The molecule has 0 radical (unpaired) electrons. The number of hydrogen-bond donors (Lipinski definition) is 0. The maximum absolute atomic E-state index is 6.25. The van der Waals surface area contributed by atoms with E-state index in [0.717, 1.165) is 38.7 Å². The summed E-state index contributed by atoms with van der Waals surface area (Å²) >= 11 is 0.138. The molecule has 5 nitrogen and oxygen atoms in total. The van der Waals surface area contributed by atoms with E-state index >= 15 is 0 Å². The topological polar surface area (TPSA) is 64.7 Å². The molecule has 10 rings (SSSR count). The Labute approximate surface area is 280 Å². The van der Waals surface area contributed by atoms with Crippen LogP contribution in [0, 0.1) is 0 Å². The quantitative estimate of drug-likeness (QED) is 0.137. The first-order valence-corrected chi connectivity index (χ1v) is 17.5. The van der Waals surface area contributed by atoms with Gasteiger partial charge in [-0.05, 0) is 0 Å². The van der Waals surface area contributed by atoms with Crippen LogP contribution in [0.5, 0.6) is 0 Å². The van der Waals surface area contributed by atoms with E-state index in [2.05, 4.69) is 54.6 Å². The van der Waals surface area contributed by atoms with Crippen LogP contribution in [0.2, 0.25) is 0 Å². The first kappa shape index (κ1) is 27.2. The SMILES string of the molecule is c1ccc(-c2nc(-c3ccccc3)nc(-c3cccc4c3ccc3c4ccc4c3[se]c3ccc5oc(-c6ccccc6)nc5c34)n2)cc1. The second-order valence-corrected chi connectivity index (χ2v) is 14.0. The molecular weight excluding hydrogens is 655 g/mol. The molecule has 48 heavy (non-hydrogen) atoms. The van der Waals surface area contributed by atoms with Gasteiger partial charge in [0.1, 0.15) is 0 Å². The van der Waals surface area contributed by atoms with Gasteiger partial charge in [0.05, 0.1) is 0 Å². The van der Waals surface area contributed by atoms with E-state index in [4.69, 9.17) is 24.4 Å². The maximum atomic E-state index is 6.25. The van der Waals surface area contributed by atoms with Crippen LogP contribution < -0.4 is 0 Å². The van der Waals surface area contributed by atoms with Gasteiger partial charge in [-0.3, -0.25) is 0 Å². The second-order valence-electron chi connectivity index (χ2n) is 11.8. The van der Waals surface area contributed by atoms with Gasteiger partial charge in [0.25, 0.3) is 0 Å². The van der Waals surface area contributed by atoms with Crippen LogP contribution in [0.25, 0.3) is 97.6 Å². The third kappa shape index (κ3) is 4.31. The number of rotatable bonds is 4. The molecule has 0 spiro atoms. The Kier molecular flexibility index (Phi) is 6.13. The molecule has 0 fully saturated rings. The fourth-order valence-corrected chi connectivity index (χ4v) is 9.30. The molecule has 0 atom stereocenters. The van der Waals surface area contributed by atoms with E-state index in [0.29, 0.717) is 23.4 Å². The van der Waals surface area contributed by atoms with Crippen molar-refractivity contribution in [3.8, 4) is 45.6 Å². The molecule has 0 bridgehead atoms. The third-order valence-electron chi connectivity index (χ3n) is 8.97. The number of aromatic nitrogens is 4. The Bertz CT molecular complexity index is 2770. The van der Waals surface area contributed by atoms with Crippen LogP contribution in [-0.4, -0.2) is 34.4 Å². The van der Waals surface area contributed by atoms with Crippen LogP contribution in [-0.2, 0) is 0 Å². The average molecular weight is 680 g/mol. The standard InChI is InChI=1S/C42H24N4OSe/c1-4-11-25(12-5-1)39-44-40(26-13-6-2-7-14-26)46-41(45-39)32-18-10-17-28-29-20-22-33-36-35(48-38(33)31(29)21-19-30(28)32)24-23-34-37(36)43-42(47-34)27-15-8-3-9-16-27/h1-24H. The van der Waals surface area contributed by atoms with E-state index < -0.39 is 0 Å². The van der Waals surface area contributed by atoms with Crippen LogP contribution in [0.3, 0.4) is 0 Å². The summed E-state index contributed by atoms with van der Waals surface area (Å²) in [5, 5.41) is 7.26. The van der Waals surface area contributed by atoms with Gasteiger partial charge in [-0.15, -0.1) is 0 Å². The molecule has 0 saturated carbocycles. The molecule has 0 unspecified atom stereocenters. The van der Waals surface area contributed by atoms with E-state index in [1.54, 1.807) is 0 Å². The van der Waals surface area contributed by atoms with Crippen molar-refractivity contribution in [1.29, 1.82) is 0 Å². The molecule has 0 amide bonds. The van der Waals surface area contributed by atoms with E-state index in [9.17, 15) is 0 Å². The number of nitrogens with zero attached hydrogens (tertiary/aromatic N) is 4. The molecule has 3 heterocycles. The first-order valence-electron chi connectivity index (χ1n) is 15.8. The molecule has 224 valence electrons. The van der Waals surface area contributed by atoms with Gasteiger partial charge < -0.3 is 0 Å². The molecule has 0 saturated heterocycles. The molecule has 6 heteroatoms. The minimum absolute atomic E-state index is 0.138. The van der Waals surface area contributed by atoms with Gasteiger partial charge in [0, 0.05) is 0 Å². The normalized spacial score (nSPS) is 11.8. The Morgan fingerprint density at radius 3 is 1.71 bits per heavy atom. The predicted molar refractivity (Wildman–Crippen MR) is 196 cm³/mol. The Morgan fingerprint density at radius 2 is 1.00 bits per heavy atom. The minimum atomic E-state index is 0.138. The Morgan fingerprint density at radius 1 is 0.417 bits per heavy atom. The monoisotopic (exact) mass is 680 g/mol. The van der Waals surface area contributed by atoms with Crippen molar-refractivity contribution in [2.24, 2.45) is 0 Å². The summed E-state index contributed by atoms with van der Waals surface area (Å²) in [6, 6.07) is 50.1.